The fourth-order valence-corrected chi connectivity index (χ4v) is 6.18. The van der Waals surface area contributed by atoms with E-state index < -0.39 is 16.5 Å². The van der Waals surface area contributed by atoms with Gasteiger partial charge in [0.25, 0.3) is 5.91 Å². The van der Waals surface area contributed by atoms with Crippen molar-refractivity contribution in [3.63, 3.8) is 0 Å². The molecule has 2 aromatic carbocycles. The Morgan fingerprint density at radius 3 is 2.87 bits per heavy atom. The second-order valence-corrected chi connectivity index (χ2v) is 9.35. The maximum absolute atomic E-state index is 14.6. The molecule has 2 aromatic rings. The Morgan fingerprint density at radius 2 is 2.03 bits per heavy atom. The van der Waals surface area contributed by atoms with E-state index in [1.165, 1.54) is 17.3 Å². The fourth-order valence-electron chi connectivity index (χ4n) is 4.70. The van der Waals surface area contributed by atoms with Crippen molar-refractivity contribution in [2.45, 2.75) is 49.4 Å². The second kappa shape index (κ2) is 7.78. The summed E-state index contributed by atoms with van der Waals surface area (Å²) in [5.41, 5.74) is 2.33. The number of carbonyl (C=O) groups excluding carboxylic acids is 1. The fraction of sp³-hybridized carbons (Fsp3) is 0.391. The second-order valence-electron chi connectivity index (χ2n) is 8.08. The first-order chi connectivity index (χ1) is 14.6. The van der Waals surface area contributed by atoms with E-state index in [0.717, 1.165) is 68.8 Å². The Morgan fingerprint density at radius 1 is 1.17 bits per heavy atom. The van der Waals surface area contributed by atoms with Crippen LogP contribution in [0.4, 0.5) is 8.78 Å². The van der Waals surface area contributed by atoms with Crippen molar-refractivity contribution in [2.24, 2.45) is 5.10 Å². The Balaban J connectivity index is 1.62. The lowest BCUT2D eigenvalue weighted by Crippen LogP contribution is -2.52. The molecule has 2 aliphatic heterocycles. The van der Waals surface area contributed by atoms with Crippen LogP contribution in [0.25, 0.3) is 0 Å². The third kappa shape index (κ3) is 3.24. The number of thioether (sulfide) groups is 1. The van der Waals surface area contributed by atoms with Crippen LogP contribution in [-0.4, -0.2) is 28.5 Å². The van der Waals surface area contributed by atoms with E-state index in [1.807, 2.05) is 18.2 Å². The highest BCUT2D eigenvalue weighted by Gasteiger charge is 2.52. The van der Waals surface area contributed by atoms with Gasteiger partial charge in [-0.05, 0) is 68.0 Å². The van der Waals surface area contributed by atoms with E-state index >= 15 is 0 Å². The summed E-state index contributed by atoms with van der Waals surface area (Å²) in [7, 11) is 0. The smallest absolute Gasteiger partial charge is 0.261 e. The van der Waals surface area contributed by atoms with Crippen molar-refractivity contribution in [3.05, 3.63) is 70.8 Å². The van der Waals surface area contributed by atoms with Gasteiger partial charge in [-0.1, -0.05) is 42.4 Å². The number of rotatable bonds is 2. The van der Waals surface area contributed by atoms with Gasteiger partial charge < -0.3 is 5.32 Å². The normalized spacial score (nSPS) is 25.9. The van der Waals surface area contributed by atoms with Gasteiger partial charge in [0.2, 0.25) is 0 Å². The minimum Gasteiger partial charge on any atom is -0.306 e. The number of hydrazone groups is 1. The van der Waals surface area contributed by atoms with Crippen LogP contribution in [0, 0.1) is 11.6 Å². The number of halogens is 2. The Kier molecular flexibility index (Phi) is 5.11. The highest BCUT2D eigenvalue weighted by molar-refractivity contribution is 8.15. The van der Waals surface area contributed by atoms with Gasteiger partial charge in [0.05, 0.1) is 6.04 Å². The van der Waals surface area contributed by atoms with Crippen LogP contribution in [0.3, 0.4) is 0 Å². The van der Waals surface area contributed by atoms with Gasteiger partial charge in [-0.3, -0.25) is 4.79 Å². The summed E-state index contributed by atoms with van der Waals surface area (Å²) in [5.74, 6) is -1.15. The number of carbonyl (C=O) groups is 1. The summed E-state index contributed by atoms with van der Waals surface area (Å²) in [6, 6.07) is 11.2. The van der Waals surface area contributed by atoms with Crippen LogP contribution in [0.15, 0.2) is 47.6 Å². The molecule has 1 amide bonds. The van der Waals surface area contributed by atoms with E-state index in [9.17, 15) is 13.6 Å². The SMILES string of the molecule is O=C([C@@H]1CCCCN1)N1N=C(c2cc(F)ccc2F)SC12CCCc1ccccc12. The van der Waals surface area contributed by atoms with E-state index in [4.69, 9.17) is 0 Å². The molecule has 5 rings (SSSR count). The highest BCUT2D eigenvalue weighted by Crippen LogP contribution is 2.54. The molecule has 1 unspecified atom stereocenters. The first-order valence-corrected chi connectivity index (χ1v) is 11.3. The molecule has 30 heavy (non-hydrogen) atoms. The van der Waals surface area contributed by atoms with Crippen molar-refractivity contribution < 1.29 is 13.6 Å². The molecule has 0 aromatic heterocycles. The van der Waals surface area contributed by atoms with Gasteiger partial charge in [0.15, 0.2) is 0 Å². The Labute approximate surface area is 178 Å². The summed E-state index contributed by atoms with van der Waals surface area (Å²) in [4.78, 5) is 12.9. The molecule has 0 saturated carbocycles. The third-order valence-electron chi connectivity index (χ3n) is 6.17. The molecule has 1 N–H and O–H groups in total. The van der Waals surface area contributed by atoms with Gasteiger partial charge in [-0.25, -0.2) is 13.8 Å². The summed E-state index contributed by atoms with van der Waals surface area (Å²) < 4.78 is 28.5. The van der Waals surface area contributed by atoms with Gasteiger partial charge in [0.1, 0.15) is 21.5 Å². The molecule has 3 aliphatic rings. The molecule has 0 bridgehead atoms. The molecule has 156 valence electrons. The molecule has 7 heteroatoms. The maximum Gasteiger partial charge on any atom is 0.261 e. The molecular formula is C23H23F2N3OS. The lowest BCUT2D eigenvalue weighted by atomic mass is 9.86. The number of piperidine rings is 1. The lowest BCUT2D eigenvalue weighted by Gasteiger charge is -2.41. The predicted molar refractivity (Wildman–Crippen MR) is 114 cm³/mol. The van der Waals surface area contributed by atoms with E-state index in [2.05, 4.69) is 16.5 Å². The number of nitrogens with zero attached hydrogens (tertiary/aromatic N) is 2. The quantitative estimate of drug-likeness (QED) is 0.766. The monoisotopic (exact) mass is 427 g/mol. The Hall–Kier alpha value is -2.25. The molecule has 1 fully saturated rings. The summed E-state index contributed by atoms with van der Waals surface area (Å²) in [6.45, 7) is 0.802. The van der Waals surface area contributed by atoms with Crippen LogP contribution in [0.1, 0.15) is 48.8 Å². The molecular weight excluding hydrogens is 404 g/mol. The maximum atomic E-state index is 14.6. The highest BCUT2D eigenvalue weighted by atomic mass is 32.2. The van der Waals surface area contributed by atoms with E-state index in [0.29, 0.717) is 5.04 Å². The van der Waals surface area contributed by atoms with E-state index in [-0.39, 0.29) is 17.5 Å². The third-order valence-corrected chi connectivity index (χ3v) is 7.60. The molecule has 2 atom stereocenters. The van der Waals surface area contributed by atoms with Crippen LogP contribution in [-0.2, 0) is 16.1 Å². The number of benzene rings is 2. The zero-order chi connectivity index (χ0) is 20.7. The van der Waals surface area contributed by atoms with Crippen molar-refractivity contribution in [1.82, 2.24) is 10.3 Å². The number of aryl methyl sites for hydroxylation is 1. The number of amides is 1. The van der Waals surface area contributed by atoms with Crippen LogP contribution < -0.4 is 5.32 Å². The molecule has 0 radical (unpaired) electrons. The molecule has 1 aliphatic carbocycles. The number of nitrogens with one attached hydrogen (secondary N) is 1. The minimum atomic E-state index is -0.723. The first kappa shape index (κ1) is 19.7. The van der Waals surface area contributed by atoms with Crippen LogP contribution >= 0.6 is 11.8 Å². The minimum absolute atomic E-state index is 0.0919. The van der Waals surface area contributed by atoms with Crippen molar-refractivity contribution in [3.8, 4) is 0 Å². The standard InChI is InChI=1S/C23H23F2N3OS/c24-16-10-11-19(25)17(14-16)21-27-28(22(29)20-9-3-4-13-26-20)23(30-21)12-5-7-15-6-1-2-8-18(15)23/h1-2,6,8,10-11,14,20,26H,3-5,7,9,12-13H2/t20-,23?/m0/s1. The van der Waals surface area contributed by atoms with Gasteiger partial charge in [-0.15, -0.1) is 0 Å². The molecule has 1 spiro atoms. The average Bonchev–Trinajstić information content (AvgIpc) is 3.15. The zero-order valence-electron chi connectivity index (χ0n) is 16.5. The van der Waals surface area contributed by atoms with Crippen molar-refractivity contribution >= 4 is 22.7 Å². The van der Waals surface area contributed by atoms with Gasteiger partial charge in [0, 0.05) is 5.56 Å². The number of hydrogen-bond acceptors (Lipinski definition) is 4. The Bertz CT molecular complexity index is 1020. The molecule has 2 heterocycles. The van der Waals surface area contributed by atoms with Crippen molar-refractivity contribution in [2.75, 3.05) is 6.54 Å². The van der Waals surface area contributed by atoms with E-state index in [1.54, 1.807) is 5.01 Å². The predicted octanol–water partition coefficient (Wildman–Crippen LogP) is 4.53. The number of hydrogen-bond donors (Lipinski definition) is 1. The summed E-state index contributed by atoms with van der Waals surface area (Å²) in [6.07, 6.45) is 5.36. The summed E-state index contributed by atoms with van der Waals surface area (Å²) >= 11 is 1.37. The number of fused-ring (bicyclic) bond motifs is 2. The molecule has 4 nitrogen and oxygen atoms in total. The van der Waals surface area contributed by atoms with Gasteiger partial charge >= 0.3 is 0 Å². The lowest BCUT2D eigenvalue weighted by molar-refractivity contribution is -0.138. The zero-order valence-corrected chi connectivity index (χ0v) is 17.4. The van der Waals surface area contributed by atoms with Crippen molar-refractivity contribution in [1.29, 1.82) is 0 Å². The largest absolute Gasteiger partial charge is 0.306 e. The average molecular weight is 428 g/mol. The topological polar surface area (TPSA) is 44.7 Å². The van der Waals surface area contributed by atoms with Crippen LogP contribution in [0.2, 0.25) is 0 Å². The first-order valence-electron chi connectivity index (χ1n) is 10.5. The summed E-state index contributed by atoms with van der Waals surface area (Å²) in [5, 5.41) is 9.86. The van der Waals surface area contributed by atoms with Crippen LogP contribution in [0.5, 0.6) is 0 Å². The van der Waals surface area contributed by atoms with Gasteiger partial charge in [-0.2, -0.15) is 5.10 Å². The molecule has 1 saturated heterocycles.